The Morgan fingerprint density at radius 3 is 2.59 bits per heavy atom. The highest BCUT2D eigenvalue weighted by Gasteiger charge is 2.76. The van der Waals surface area contributed by atoms with Crippen molar-refractivity contribution in [1.29, 1.82) is 0 Å². The maximum absolute atomic E-state index is 14.3. The summed E-state index contributed by atoms with van der Waals surface area (Å²) in [6.45, 7) is 11.4. The van der Waals surface area contributed by atoms with Crippen molar-refractivity contribution in [2.45, 2.75) is 59.6 Å². The Kier molecular flexibility index (Phi) is 8.55. The van der Waals surface area contributed by atoms with Crippen LogP contribution in [0.15, 0.2) is 55.6 Å². The summed E-state index contributed by atoms with van der Waals surface area (Å²) in [5.74, 6) is -2.26. The van der Waals surface area contributed by atoms with Crippen LogP contribution in [0.1, 0.15) is 25.8 Å². The average Bonchev–Trinajstić information content (AvgIpc) is 3.47. The normalized spacial score (nSPS) is 30.8. The van der Waals surface area contributed by atoms with Crippen LogP contribution in [0.25, 0.3) is 0 Å². The van der Waals surface area contributed by atoms with Gasteiger partial charge in [0.1, 0.15) is 12.6 Å². The van der Waals surface area contributed by atoms with Crippen molar-refractivity contribution in [3.63, 3.8) is 0 Å². The number of ether oxygens (including phenoxy) is 1. The van der Waals surface area contributed by atoms with Crippen LogP contribution in [0.4, 0.5) is 0 Å². The van der Waals surface area contributed by atoms with Crippen molar-refractivity contribution in [3.05, 3.63) is 61.2 Å². The van der Waals surface area contributed by atoms with E-state index in [0.29, 0.717) is 19.4 Å². The molecule has 3 unspecified atom stereocenters. The van der Waals surface area contributed by atoms with Gasteiger partial charge in [0.05, 0.1) is 29.2 Å². The number of nitrogens with zero attached hydrogens (tertiary/aromatic N) is 2. The van der Waals surface area contributed by atoms with Gasteiger partial charge in [-0.05, 0) is 32.3 Å². The van der Waals surface area contributed by atoms with Crippen molar-refractivity contribution in [2.24, 2.45) is 11.8 Å². The summed E-state index contributed by atoms with van der Waals surface area (Å²) < 4.78 is 4.64. The quantitative estimate of drug-likeness (QED) is 0.242. The highest BCUT2D eigenvalue weighted by molar-refractivity contribution is 9.09. The summed E-state index contributed by atoms with van der Waals surface area (Å²) in [4.78, 5) is 45.1. The molecule has 3 saturated heterocycles. The van der Waals surface area contributed by atoms with E-state index < -0.39 is 34.6 Å². The molecule has 1 spiro atoms. The number of esters is 1. The van der Waals surface area contributed by atoms with Gasteiger partial charge in [-0.3, -0.25) is 14.4 Å². The lowest BCUT2D eigenvalue weighted by Crippen LogP contribution is -2.59. The van der Waals surface area contributed by atoms with E-state index in [-0.39, 0.29) is 41.1 Å². The first kappa shape index (κ1) is 27.9. The molecule has 1 N–H and O–H groups in total. The Labute approximate surface area is 231 Å². The number of alkyl halides is 1. The van der Waals surface area contributed by atoms with Gasteiger partial charge in [0.2, 0.25) is 11.8 Å². The monoisotopic (exact) mass is 590 g/mol. The molecule has 4 rings (SSSR count). The second-order valence-electron chi connectivity index (χ2n) is 10.2. The Hall–Kier alpha value is -2.10. The lowest BCUT2D eigenvalue weighted by atomic mass is 9.71. The number of amides is 2. The largest absolute Gasteiger partial charge is 0.461 e. The van der Waals surface area contributed by atoms with E-state index in [1.807, 2.05) is 44.2 Å². The van der Waals surface area contributed by atoms with Gasteiger partial charge in [0.25, 0.3) is 0 Å². The third-order valence-electron chi connectivity index (χ3n) is 7.73. The lowest BCUT2D eigenvalue weighted by Gasteiger charge is -2.41. The minimum Gasteiger partial charge on any atom is -0.461 e. The molecule has 0 aromatic heterocycles. The number of aliphatic hydroxyl groups is 1. The van der Waals surface area contributed by atoms with E-state index in [1.165, 1.54) is 6.08 Å². The molecule has 9 heteroatoms. The molecule has 37 heavy (non-hydrogen) atoms. The molecule has 3 heterocycles. The number of hydrogen-bond acceptors (Lipinski definition) is 6. The van der Waals surface area contributed by atoms with E-state index in [2.05, 4.69) is 29.1 Å². The van der Waals surface area contributed by atoms with Gasteiger partial charge in [0.15, 0.2) is 0 Å². The van der Waals surface area contributed by atoms with Gasteiger partial charge in [-0.25, -0.2) is 0 Å². The number of carbonyl (C=O) groups excluding carboxylic acids is 3. The maximum atomic E-state index is 14.3. The standard InChI is InChI=1S/C28H35BrN2O5S/c1-5-12-30(17(3)4)26(34)24-28-15-20(29)23(37-28)21(27(35)36-13-6-2)22(28)25(33)31(24)19(16-32)14-18-10-8-7-9-11-18/h5-11,17,19-24,32H,1-2,12-16H2,3-4H3/t19-,20?,21-,22+,23-,24?,28?/m1/s1. The van der Waals surface area contributed by atoms with E-state index in [1.54, 1.807) is 27.6 Å². The van der Waals surface area contributed by atoms with Gasteiger partial charge in [-0.2, -0.15) is 0 Å². The number of rotatable bonds is 11. The molecule has 0 radical (unpaired) electrons. The van der Waals surface area contributed by atoms with Crippen molar-refractivity contribution in [1.82, 2.24) is 9.80 Å². The van der Waals surface area contributed by atoms with Crippen molar-refractivity contribution >= 4 is 45.5 Å². The number of carbonyl (C=O) groups is 3. The lowest BCUT2D eigenvalue weighted by molar-refractivity contribution is -0.153. The molecule has 0 saturated carbocycles. The SMILES string of the molecule is C=CCOC(=O)[C@H]1[C@@H]2SC3(CC2Br)C(C(=O)N(CC=C)C(C)C)N([C@@H](CO)Cc2ccccc2)C(=O)[C@H]13. The summed E-state index contributed by atoms with van der Waals surface area (Å²) in [7, 11) is 0. The number of likely N-dealkylation sites (tertiary alicyclic amines) is 1. The summed E-state index contributed by atoms with van der Waals surface area (Å²) in [6.07, 6.45) is 4.16. The van der Waals surface area contributed by atoms with Crippen LogP contribution in [-0.2, 0) is 25.5 Å². The predicted octanol–water partition coefficient (Wildman–Crippen LogP) is 3.21. The van der Waals surface area contributed by atoms with Crippen LogP contribution in [0, 0.1) is 11.8 Å². The second-order valence-corrected chi connectivity index (χ2v) is 12.9. The van der Waals surface area contributed by atoms with Crippen molar-refractivity contribution in [2.75, 3.05) is 19.8 Å². The van der Waals surface area contributed by atoms with Gasteiger partial charge in [-0.15, -0.1) is 18.3 Å². The van der Waals surface area contributed by atoms with E-state index in [0.717, 1.165) is 5.56 Å². The van der Waals surface area contributed by atoms with Crippen molar-refractivity contribution < 1.29 is 24.2 Å². The predicted molar refractivity (Wildman–Crippen MR) is 148 cm³/mol. The Morgan fingerprint density at radius 1 is 1.30 bits per heavy atom. The minimum absolute atomic E-state index is 0.0494. The molecule has 2 bridgehead atoms. The van der Waals surface area contributed by atoms with Gasteiger partial charge in [-0.1, -0.05) is 65.0 Å². The molecule has 200 valence electrons. The number of aliphatic hydroxyl groups excluding tert-OH is 1. The van der Waals surface area contributed by atoms with Gasteiger partial charge >= 0.3 is 5.97 Å². The third-order valence-corrected chi connectivity index (χ3v) is 10.9. The fourth-order valence-electron chi connectivity index (χ4n) is 6.24. The first-order valence-electron chi connectivity index (χ1n) is 12.7. The number of benzene rings is 1. The summed E-state index contributed by atoms with van der Waals surface area (Å²) >= 11 is 5.32. The first-order valence-corrected chi connectivity index (χ1v) is 14.5. The van der Waals surface area contributed by atoms with Crippen LogP contribution in [0.3, 0.4) is 0 Å². The molecule has 3 aliphatic heterocycles. The van der Waals surface area contributed by atoms with E-state index in [4.69, 9.17) is 4.74 Å². The number of fused-ring (bicyclic) bond motifs is 1. The molecular weight excluding hydrogens is 556 g/mol. The molecule has 3 fully saturated rings. The maximum Gasteiger partial charge on any atom is 0.311 e. The molecule has 7 atom stereocenters. The topological polar surface area (TPSA) is 87.2 Å². The van der Waals surface area contributed by atoms with Crippen LogP contribution in [-0.4, -0.2) is 85.4 Å². The summed E-state index contributed by atoms with van der Waals surface area (Å²) in [5.41, 5.74) is 0.958. The number of thioether (sulfide) groups is 1. The molecular formula is C28H35BrN2O5S. The Balaban J connectivity index is 1.81. The summed E-state index contributed by atoms with van der Waals surface area (Å²) in [6, 6.07) is 8.08. The van der Waals surface area contributed by atoms with E-state index >= 15 is 0 Å². The summed E-state index contributed by atoms with van der Waals surface area (Å²) in [5, 5.41) is 10.4. The average molecular weight is 592 g/mol. The molecule has 3 aliphatic rings. The highest BCUT2D eigenvalue weighted by atomic mass is 79.9. The second kappa shape index (κ2) is 11.3. The molecule has 0 aliphatic carbocycles. The smallest absolute Gasteiger partial charge is 0.311 e. The molecule has 2 amide bonds. The molecule has 7 nitrogen and oxygen atoms in total. The molecule has 1 aromatic rings. The van der Waals surface area contributed by atoms with Gasteiger partial charge in [0, 0.05) is 22.7 Å². The Morgan fingerprint density at radius 2 is 2.00 bits per heavy atom. The minimum atomic E-state index is -0.819. The van der Waals surface area contributed by atoms with Crippen LogP contribution < -0.4 is 0 Å². The Bertz CT molecular complexity index is 1050. The van der Waals surface area contributed by atoms with Crippen LogP contribution in [0.5, 0.6) is 0 Å². The van der Waals surface area contributed by atoms with Crippen LogP contribution >= 0.6 is 27.7 Å². The number of halogens is 1. The first-order chi connectivity index (χ1) is 17.7. The fraction of sp³-hybridized carbons (Fsp3) is 0.536. The zero-order valence-corrected chi connectivity index (χ0v) is 23.7. The highest BCUT2D eigenvalue weighted by Crippen LogP contribution is 2.68. The third kappa shape index (κ3) is 4.79. The van der Waals surface area contributed by atoms with Crippen molar-refractivity contribution in [3.8, 4) is 0 Å². The van der Waals surface area contributed by atoms with Crippen LogP contribution in [0.2, 0.25) is 0 Å². The zero-order valence-electron chi connectivity index (χ0n) is 21.3. The zero-order chi connectivity index (χ0) is 26.9. The fourth-order valence-corrected chi connectivity index (χ4v) is 9.82. The van der Waals surface area contributed by atoms with Gasteiger partial charge < -0.3 is 19.6 Å². The number of hydrogen-bond donors (Lipinski definition) is 1. The molecule has 1 aromatic carbocycles. The van der Waals surface area contributed by atoms with E-state index in [9.17, 15) is 19.5 Å².